The van der Waals surface area contributed by atoms with Crippen LogP contribution in [0.1, 0.15) is 19.3 Å². The lowest BCUT2D eigenvalue weighted by atomic mass is 10.2. The fraction of sp³-hybridized carbons (Fsp3) is 0.429. The number of ether oxygens (including phenoxy) is 4. The molecule has 1 unspecified atom stereocenters. The average molecular weight is 280 g/mol. The summed E-state index contributed by atoms with van der Waals surface area (Å²) in [5.41, 5.74) is 0. The summed E-state index contributed by atoms with van der Waals surface area (Å²) in [4.78, 5) is 22.0. The highest BCUT2D eigenvalue weighted by molar-refractivity contribution is 5.63. The topological polar surface area (TPSA) is 71.1 Å². The number of hydrogen-bond donors (Lipinski definition) is 0. The van der Waals surface area contributed by atoms with E-state index >= 15 is 0 Å². The van der Waals surface area contributed by atoms with Gasteiger partial charge < -0.3 is 18.9 Å². The maximum atomic E-state index is 11.3. The highest BCUT2D eigenvalue weighted by Crippen LogP contribution is 2.13. The van der Waals surface area contributed by atoms with Gasteiger partial charge >= 0.3 is 12.3 Å². The number of hydrogen-bond acceptors (Lipinski definition) is 6. The van der Waals surface area contributed by atoms with Gasteiger partial charge in [0.1, 0.15) is 18.5 Å². The van der Waals surface area contributed by atoms with Gasteiger partial charge in [-0.15, -0.1) is 0 Å². The van der Waals surface area contributed by atoms with Crippen LogP contribution in [0.3, 0.4) is 0 Å². The van der Waals surface area contributed by atoms with Crippen LogP contribution in [0.15, 0.2) is 30.3 Å². The quantitative estimate of drug-likeness (QED) is 0.453. The van der Waals surface area contributed by atoms with Crippen LogP contribution in [0, 0.1) is 0 Å². The molecule has 0 spiro atoms. The van der Waals surface area contributed by atoms with Gasteiger partial charge in [-0.05, 0) is 31.4 Å². The van der Waals surface area contributed by atoms with E-state index in [0.29, 0.717) is 25.2 Å². The van der Waals surface area contributed by atoms with E-state index in [9.17, 15) is 9.59 Å². The summed E-state index contributed by atoms with van der Waals surface area (Å²) in [5, 5.41) is 0. The maximum Gasteiger partial charge on any atom is 0.513 e. The fourth-order valence-corrected chi connectivity index (χ4v) is 1.75. The third-order valence-electron chi connectivity index (χ3n) is 2.73. The van der Waals surface area contributed by atoms with Crippen LogP contribution in [-0.2, 0) is 14.2 Å². The second-order valence-electron chi connectivity index (χ2n) is 4.31. The van der Waals surface area contributed by atoms with Gasteiger partial charge in [0.05, 0.1) is 6.61 Å². The zero-order valence-corrected chi connectivity index (χ0v) is 10.9. The lowest BCUT2D eigenvalue weighted by Gasteiger charge is -2.07. The molecule has 1 saturated heterocycles. The van der Waals surface area contributed by atoms with Gasteiger partial charge in [0.25, 0.3) is 0 Å². The van der Waals surface area contributed by atoms with Gasteiger partial charge in [0.2, 0.25) is 0 Å². The summed E-state index contributed by atoms with van der Waals surface area (Å²) in [5.74, 6) is 0.451. The molecular weight excluding hydrogens is 264 g/mol. The molecule has 2 rings (SSSR count). The molecule has 0 saturated carbocycles. The van der Waals surface area contributed by atoms with Gasteiger partial charge in [0.15, 0.2) is 0 Å². The summed E-state index contributed by atoms with van der Waals surface area (Å²) in [7, 11) is 0. The first-order valence-corrected chi connectivity index (χ1v) is 6.47. The van der Waals surface area contributed by atoms with Gasteiger partial charge in [-0.3, -0.25) is 0 Å². The molecule has 0 N–H and O–H groups in total. The van der Waals surface area contributed by atoms with Crippen LogP contribution in [0.5, 0.6) is 5.75 Å². The van der Waals surface area contributed by atoms with E-state index in [-0.39, 0.29) is 12.7 Å². The number of para-hydroxylation sites is 1. The molecule has 1 aliphatic rings. The van der Waals surface area contributed by atoms with Crippen LogP contribution in [0.25, 0.3) is 0 Å². The van der Waals surface area contributed by atoms with Gasteiger partial charge in [-0.25, -0.2) is 9.59 Å². The van der Waals surface area contributed by atoms with E-state index in [1.807, 2.05) is 6.07 Å². The standard InChI is InChI=1S/C14H16O6/c15-13(19-11-6-2-1-3-7-11)17-9-5-4-8-12-10-18-14(16)20-12/h1-3,6-7,12H,4-5,8-10H2. The van der Waals surface area contributed by atoms with Crippen molar-refractivity contribution < 1.29 is 28.5 Å². The van der Waals surface area contributed by atoms with Crippen LogP contribution >= 0.6 is 0 Å². The third-order valence-corrected chi connectivity index (χ3v) is 2.73. The fourth-order valence-electron chi connectivity index (χ4n) is 1.75. The first-order valence-electron chi connectivity index (χ1n) is 6.47. The molecule has 20 heavy (non-hydrogen) atoms. The van der Waals surface area contributed by atoms with Crippen LogP contribution in [0.2, 0.25) is 0 Å². The van der Waals surface area contributed by atoms with Gasteiger partial charge in [0, 0.05) is 0 Å². The molecule has 1 heterocycles. The van der Waals surface area contributed by atoms with Crippen molar-refractivity contribution in [2.24, 2.45) is 0 Å². The van der Waals surface area contributed by atoms with Crippen molar-refractivity contribution in [3.8, 4) is 5.75 Å². The highest BCUT2D eigenvalue weighted by atomic mass is 16.8. The Morgan fingerprint density at radius 1 is 1.25 bits per heavy atom. The Kier molecular flexibility index (Phi) is 5.23. The van der Waals surface area contributed by atoms with E-state index in [1.54, 1.807) is 24.3 Å². The molecule has 1 atom stereocenters. The van der Waals surface area contributed by atoms with Gasteiger partial charge in [-0.1, -0.05) is 18.2 Å². The van der Waals surface area contributed by atoms with E-state index in [0.717, 1.165) is 6.42 Å². The van der Waals surface area contributed by atoms with Crippen molar-refractivity contribution in [3.63, 3.8) is 0 Å². The first-order chi connectivity index (χ1) is 9.74. The minimum absolute atomic E-state index is 0.182. The number of carbonyl (C=O) groups excluding carboxylic acids is 2. The number of rotatable bonds is 6. The molecule has 0 bridgehead atoms. The maximum absolute atomic E-state index is 11.3. The normalized spacial score (nSPS) is 17.2. The summed E-state index contributed by atoms with van der Waals surface area (Å²) in [6, 6.07) is 8.73. The lowest BCUT2D eigenvalue weighted by molar-refractivity contribution is 0.0952. The van der Waals surface area contributed by atoms with Crippen molar-refractivity contribution >= 4 is 12.3 Å². The first kappa shape index (κ1) is 14.2. The molecule has 0 radical (unpaired) electrons. The Morgan fingerprint density at radius 3 is 2.75 bits per heavy atom. The molecule has 1 aliphatic heterocycles. The van der Waals surface area contributed by atoms with Crippen molar-refractivity contribution in [2.45, 2.75) is 25.4 Å². The van der Waals surface area contributed by atoms with Crippen LogP contribution in [0.4, 0.5) is 9.59 Å². The molecule has 1 aromatic carbocycles. The lowest BCUT2D eigenvalue weighted by Crippen LogP contribution is -2.13. The molecule has 1 fully saturated rings. The Labute approximate surface area is 116 Å². The summed E-state index contributed by atoms with van der Waals surface area (Å²) in [6.07, 6.45) is 0.643. The molecule has 0 amide bonds. The van der Waals surface area contributed by atoms with Gasteiger partial charge in [-0.2, -0.15) is 0 Å². The average Bonchev–Trinajstić information content (AvgIpc) is 2.85. The molecular formula is C14H16O6. The van der Waals surface area contributed by atoms with Crippen LogP contribution in [-0.4, -0.2) is 31.6 Å². The van der Waals surface area contributed by atoms with Crippen molar-refractivity contribution in [2.75, 3.05) is 13.2 Å². The molecule has 1 aromatic rings. The Balaban J connectivity index is 1.52. The molecule has 0 aromatic heterocycles. The smallest absolute Gasteiger partial charge is 0.434 e. The monoisotopic (exact) mass is 280 g/mol. The number of carbonyl (C=O) groups is 2. The predicted molar refractivity (Wildman–Crippen MR) is 68.5 cm³/mol. The van der Waals surface area contributed by atoms with Crippen molar-refractivity contribution in [3.05, 3.63) is 30.3 Å². The van der Waals surface area contributed by atoms with E-state index in [2.05, 4.69) is 4.74 Å². The number of unbranched alkanes of at least 4 members (excludes halogenated alkanes) is 1. The van der Waals surface area contributed by atoms with E-state index < -0.39 is 12.3 Å². The molecule has 6 nitrogen and oxygen atoms in total. The predicted octanol–water partition coefficient (Wildman–Crippen LogP) is 2.91. The van der Waals surface area contributed by atoms with Crippen molar-refractivity contribution in [1.82, 2.24) is 0 Å². The SMILES string of the molecule is O=C(OCCCCC1COC(=O)O1)Oc1ccccc1. The third kappa shape index (κ3) is 4.79. The Hall–Kier alpha value is -2.24. The number of benzene rings is 1. The second-order valence-corrected chi connectivity index (χ2v) is 4.31. The van der Waals surface area contributed by atoms with E-state index in [4.69, 9.17) is 14.2 Å². The zero-order valence-electron chi connectivity index (χ0n) is 10.9. The Bertz CT molecular complexity index is 444. The van der Waals surface area contributed by atoms with Crippen molar-refractivity contribution in [1.29, 1.82) is 0 Å². The molecule has 6 heteroatoms. The minimum atomic E-state index is -0.716. The van der Waals surface area contributed by atoms with Crippen LogP contribution < -0.4 is 4.74 Å². The van der Waals surface area contributed by atoms with E-state index in [1.165, 1.54) is 0 Å². The zero-order chi connectivity index (χ0) is 14.2. The highest BCUT2D eigenvalue weighted by Gasteiger charge is 2.24. The second kappa shape index (κ2) is 7.37. The minimum Gasteiger partial charge on any atom is -0.434 e. The summed E-state index contributed by atoms with van der Waals surface area (Å²) < 4.78 is 19.4. The number of cyclic esters (lactones) is 2. The summed E-state index contributed by atoms with van der Waals surface area (Å²) >= 11 is 0. The molecule has 0 aliphatic carbocycles. The molecule has 108 valence electrons. The Morgan fingerprint density at radius 2 is 2.05 bits per heavy atom. The summed E-state index contributed by atoms with van der Waals surface area (Å²) in [6.45, 7) is 0.572. The largest absolute Gasteiger partial charge is 0.513 e.